The van der Waals surface area contributed by atoms with Crippen molar-refractivity contribution >= 4 is 29.4 Å². The maximum Gasteiger partial charge on any atom is 0.235 e. The summed E-state index contributed by atoms with van der Waals surface area (Å²) in [5, 5.41) is 7.80. The summed E-state index contributed by atoms with van der Waals surface area (Å²) in [6.07, 6.45) is 4.79. The number of nitrogens with one attached hydrogen (secondary N) is 1. The zero-order valence-corrected chi connectivity index (χ0v) is 18.1. The zero-order chi connectivity index (χ0) is 20.6. The molecule has 0 aliphatic heterocycles. The van der Waals surface area contributed by atoms with Crippen LogP contribution in [0.5, 0.6) is 0 Å². The van der Waals surface area contributed by atoms with Crippen LogP contribution in [0.15, 0.2) is 36.4 Å². The molecule has 156 valence electrons. The second-order valence-electron chi connectivity index (χ2n) is 7.29. The Bertz CT molecular complexity index is 811. The molecule has 0 atom stereocenters. The molecule has 6 nitrogen and oxygen atoms in total. The second-order valence-corrected chi connectivity index (χ2v) is 8.28. The summed E-state index contributed by atoms with van der Waals surface area (Å²) in [5.74, 6) is 1.69. The smallest absolute Gasteiger partial charge is 0.235 e. The monoisotopic (exact) mass is 414 g/mol. The Morgan fingerprint density at radius 2 is 1.83 bits per heavy atom. The van der Waals surface area contributed by atoms with Gasteiger partial charge in [0.2, 0.25) is 11.8 Å². The van der Waals surface area contributed by atoms with Gasteiger partial charge >= 0.3 is 0 Å². The number of carbonyl (C=O) groups is 2. The van der Waals surface area contributed by atoms with E-state index in [-0.39, 0.29) is 17.6 Å². The third-order valence-electron chi connectivity index (χ3n) is 5.34. The number of hydrogen-bond donors (Lipinski definition) is 1. The van der Waals surface area contributed by atoms with Gasteiger partial charge in [-0.15, -0.1) is 11.8 Å². The number of hydrogen-bond acceptors (Lipinski definition) is 4. The highest BCUT2D eigenvalue weighted by molar-refractivity contribution is 8.00. The number of benzene rings is 1. The van der Waals surface area contributed by atoms with Crippen molar-refractivity contribution < 1.29 is 9.59 Å². The minimum absolute atomic E-state index is 0.0747. The molecule has 0 unspecified atom stereocenters. The van der Waals surface area contributed by atoms with Crippen LogP contribution in [0.4, 0.5) is 5.82 Å². The van der Waals surface area contributed by atoms with Crippen LogP contribution >= 0.6 is 11.8 Å². The van der Waals surface area contributed by atoms with Gasteiger partial charge in [0.05, 0.1) is 22.9 Å². The molecule has 1 aromatic heterocycles. The molecule has 3 rings (SSSR count). The van der Waals surface area contributed by atoms with Gasteiger partial charge in [0.15, 0.2) is 0 Å². The number of carbonyl (C=O) groups excluding carboxylic acids is 2. The first-order valence-electron chi connectivity index (χ1n) is 10.4. The number of para-hydroxylation sites is 1. The molecule has 2 amide bonds. The van der Waals surface area contributed by atoms with Crippen LogP contribution in [0.25, 0.3) is 5.69 Å². The molecule has 0 saturated heterocycles. The summed E-state index contributed by atoms with van der Waals surface area (Å²) in [7, 11) is 0. The van der Waals surface area contributed by atoms with Crippen LogP contribution in [0, 0.1) is 0 Å². The fourth-order valence-corrected chi connectivity index (χ4v) is 4.47. The first kappa shape index (κ1) is 21.4. The Balaban J connectivity index is 1.65. The molecule has 29 heavy (non-hydrogen) atoms. The summed E-state index contributed by atoms with van der Waals surface area (Å²) < 4.78 is 1.82. The lowest BCUT2D eigenvalue weighted by molar-refractivity contribution is -0.127. The van der Waals surface area contributed by atoms with Crippen molar-refractivity contribution in [3.8, 4) is 5.69 Å². The van der Waals surface area contributed by atoms with Crippen LogP contribution in [-0.4, -0.2) is 51.1 Å². The van der Waals surface area contributed by atoms with Crippen LogP contribution in [-0.2, 0) is 9.59 Å². The van der Waals surface area contributed by atoms with Crippen molar-refractivity contribution in [2.75, 3.05) is 29.9 Å². The SMILES string of the molecule is CCN(CC)C(=O)CSCC(=O)Nc1cc(C2CCCC2)nn1-c1ccccc1. The highest BCUT2D eigenvalue weighted by atomic mass is 32.2. The van der Waals surface area contributed by atoms with Gasteiger partial charge in [0.1, 0.15) is 5.82 Å². The number of nitrogens with zero attached hydrogens (tertiary/aromatic N) is 3. The number of thioether (sulfide) groups is 1. The quantitative estimate of drug-likeness (QED) is 0.672. The normalized spacial score (nSPS) is 14.1. The lowest BCUT2D eigenvalue weighted by Crippen LogP contribution is -2.32. The maximum atomic E-state index is 12.5. The van der Waals surface area contributed by atoms with Crippen molar-refractivity contribution in [1.82, 2.24) is 14.7 Å². The second kappa shape index (κ2) is 10.5. The molecular formula is C22H30N4O2S. The topological polar surface area (TPSA) is 67.2 Å². The number of amides is 2. The summed E-state index contributed by atoms with van der Waals surface area (Å²) in [4.78, 5) is 26.4. The third kappa shape index (κ3) is 5.63. The van der Waals surface area contributed by atoms with E-state index in [0.29, 0.717) is 30.6 Å². The van der Waals surface area contributed by atoms with Crippen LogP contribution in [0.1, 0.15) is 51.1 Å². The van der Waals surface area contributed by atoms with Gasteiger partial charge in [-0.2, -0.15) is 5.10 Å². The van der Waals surface area contributed by atoms with Crippen molar-refractivity contribution in [2.45, 2.75) is 45.4 Å². The molecular weight excluding hydrogens is 384 g/mol. The van der Waals surface area contributed by atoms with Crippen LogP contribution < -0.4 is 5.32 Å². The minimum Gasteiger partial charge on any atom is -0.343 e. The van der Waals surface area contributed by atoms with Gasteiger partial charge in [-0.25, -0.2) is 4.68 Å². The van der Waals surface area contributed by atoms with E-state index in [1.54, 1.807) is 4.90 Å². The standard InChI is InChI=1S/C22H30N4O2S/c1-3-25(4-2)22(28)16-29-15-21(27)23-20-14-19(17-10-8-9-11-17)24-26(20)18-12-6-5-7-13-18/h5-7,12-14,17H,3-4,8-11,15-16H2,1-2H3,(H,23,27). The predicted octanol–water partition coefficient (Wildman–Crippen LogP) is 4.07. The molecule has 1 fully saturated rings. The summed E-state index contributed by atoms with van der Waals surface area (Å²) in [6, 6.07) is 11.9. The maximum absolute atomic E-state index is 12.5. The molecule has 1 saturated carbocycles. The van der Waals surface area contributed by atoms with E-state index in [2.05, 4.69) is 5.32 Å². The molecule has 0 bridgehead atoms. The van der Waals surface area contributed by atoms with E-state index >= 15 is 0 Å². The van der Waals surface area contributed by atoms with Crippen molar-refractivity contribution in [2.24, 2.45) is 0 Å². The van der Waals surface area contributed by atoms with Crippen molar-refractivity contribution in [3.63, 3.8) is 0 Å². The Labute approximate surface area is 177 Å². The van der Waals surface area contributed by atoms with Gasteiger partial charge in [0, 0.05) is 25.1 Å². The third-order valence-corrected chi connectivity index (χ3v) is 6.26. The summed E-state index contributed by atoms with van der Waals surface area (Å²) >= 11 is 1.35. The van der Waals surface area contributed by atoms with E-state index in [0.717, 1.165) is 24.2 Å². The van der Waals surface area contributed by atoms with Gasteiger partial charge in [-0.3, -0.25) is 9.59 Å². The molecule has 7 heteroatoms. The molecule has 0 radical (unpaired) electrons. The minimum atomic E-state index is -0.114. The molecule has 1 aliphatic rings. The molecule has 2 aromatic rings. The fourth-order valence-electron chi connectivity index (χ4n) is 3.75. The van der Waals surface area contributed by atoms with Crippen molar-refractivity contribution in [1.29, 1.82) is 0 Å². The van der Waals surface area contributed by atoms with Gasteiger partial charge in [-0.1, -0.05) is 31.0 Å². The van der Waals surface area contributed by atoms with E-state index in [9.17, 15) is 9.59 Å². The largest absolute Gasteiger partial charge is 0.343 e. The van der Waals surface area contributed by atoms with E-state index in [1.165, 1.54) is 24.6 Å². The average molecular weight is 415 g/mol. The Kier molecular flexibility index (Phi) is 7.75. The molecule has 1 N–H and O–H groups in total. The summed E-state index contributed by atoms with van der Waals surface area (Å²) in [5.41, 5.74) is 1.97. The van der Waals surface area contributed by atoms with Gasteiger partial charge in [0.25, 0.3) is 0 Å². The Morgan fingerprint density at radius 1 is 1.14 bits per heavy atom. The van der Waals surface area contributed by atoms with Gasteiger partial charge < -0.3 is 10.2 Å². The Hall–Kier alpha value is -2.28. The highest BCUT2D eigenvalue weighted by Gasteiger charge is 2.22. The van der Waals surface area contributed by atoms with Crippen molar-refractivity contribution in [3.05, 3.63) is 42.1 Å². The molecule has 1 heterocycles. The van der Waals surface area contributed by atoms with Gasteiger partial charge in [-0.05, 0) is 38.8 Å². The average Bonchev–Trinajstić information content (AvgIpc) is 3.39. The first-order chi connectivity index (χ1) is 14.1. The van der Waals surface area contributed by atoms with Crippen LogP contribution in [0.2, 0.25) is 0 Å². The number of rotatable bonds is 9. The summed E-state index contributed by atoms with van der Waals surface area (Å²) in [6.45, 7) is 5.32. The zero-order valence-electron chi connectivity index (χ0n) is 17.3. The lowest BCUT2D eigenvalue weighted by atomic mass is 10.0. The van der Waals surface area contributed by atoms with E-state index in [1.807, 2.05) is 54.9 Å². The molecule has 1 aliphatic carbocycles. The van der Waals surface area contributed by atoms with E-state index in [4.69, 9.17) is 5.10 Å². The van der Waals surface area contributed by atoms with E-state index < -0.39 is 0 Å². The first-order valence-corrected chi connectivity index (χ1v) is 11.6. The Morgan fingerprint density at radius 3 is 2.48 bits per heavy atom. The number of aromatic nitrogens is 2. The lowest BCUT2D eigenvalue weighted by Gasteiger charge is -2.18. The van der Waals surface area contributed by atoms with Crippen LogP contribution in [0.3, 0.4) is 0 Å². The molecule has 0 spiro atoms. The predicted molar refractivity (Wildman–Crippen MR) is 119 cm³/mol. The fraction of sp³-hybridized carbons (Fsp3) is 0.500. The highest BCUT2D eigenvalue weighted by Crippen LogP contribution is 2.35. The molecule has 1 aromatic carbocycles. The number of anilines is 1.